The van der Waals surface area contributed by atoms with E-state index in [-0.39, 0.29) is 0 Å². The van der Waals surface area contributed by atoms with Crippen LogP contribution in [0.15, 0.2) is 24.3 Å². The van der Waals surface area contributed by atoms with E-state index in [2.05, 4.69) is 43.0 Å². The van der Waals surface area contributed by atoms with Gasteiger partial charge in [-0.15, -0.1) is 11.6 Å². The molecule has 2 heteroatoms. The van der Waals surface area contributed by atoms with Gasteiger partial charge >= 0.3 is 0 Å². The van der Waals surface area contributed by atoms with Crippen LogP contribution in [0.3, 0.4) is 0 Å². The molecule has 0 aliphatic heterocycles. The van der Waals surface area contributed by atoms with Gasteiger partial charge in [0, 0.05) is 24.7 Å². The zero-order valence-corrected chi connectivity index (χ0v) is 11.1. The summed E-state index contributed by atoms with van der Waals surface area (Å²) in [5, 5.41) is 0. The summed E-state index contributed by atoms with van der Waals surface area (Å²) in [7, 11) is 0. The summed E-state index contributed by atoms with van der Waals surface area (Å²) in [5.74, 6) is 0.788. The van der Waals surface area contributed by atoms with Crippen molar-refractivity contribution in [1.29, 1.82) is 0 Å². The Labute approximate surface area is 104 Å². The van der Waals surface area contributed by atoms with Crippen molar-refractivity contribution in [1.82, 2.24) is 0 Å². The van der Waals surface area contributed by atoms with Gasteiger partial charge in [0.1, 0.15) is 0 Å². The molecule has 0 atom stereocenters. The molecule has 0 aliphatic rings. The lowest BCUT2D eigenvalue weighted by Crippen LogP contribution is -2.23. The van der Waals surface area contributed by atoms with E-state index in [1.165, 1.54) is 24.1 Å². The van der Waals surface area contributed by atoms with Crippen LogP contribution in [-0.2, 0) is 0 Å². The van der Waals surface area contributed by atoms with E-state index in [1.54, 1.807) is 0 Å². The Hall–Kier alpha value is -0.690. The number of hydrogen-bond donors (Lipinski definition) is 0. The molecule has 0 saturated carbocycles. The van der Waals surface area contributed by atoms with Crippen molar-refractivity contribution < 1.29 is 0 Å². The quantitative estimate of drug-likeness (QED) is 0.509. The molecule has 0 amide bonds. The maximum atomic E-state index is 5.67. The topological polar surface area (TPSA) is 3.24 Å². The first-order chi connectivity index (χ1) is 7.77. The van der Waals surface area contributed by atoms with Crippen LogP contribution in [0.5, 0.6) is 0 Å². The van der Waals surface area contributed by atoms with E-state index >= 15 is 0 Å². The zero-order valence-electron chi connectivity index (χ0n) is 10.4. The van der Waals surface area contributed by atoms with Crippen LogP contribution in [0.2, 0.25) is 0 Å². The average molecular weight is 240 g/mol. The Kier molecular flexibility index (Phi) is 6.32. The Morgan fingerprint density at radius 3 is 2.31 bits per heavy atom. The van der Waals surface area contributed by atoms with Gasteiger partial charge in [0.25, 0.3) is 0 Å². The molecule has 1 aromatic carbocycles. The van der Waals surface area contributed by atoms with Crippen LogP contribution in [0.4, 0.5) is 5.69 Å². The Bertz CT molecular complexity index is 281. The third-order valence-corrected chi connectivity index (χ3v) is 3.11. The van der Waals surface area contributed by atoms with Crippen molar-refractivity contribution in [2.75, 3.05) is 23.9 Å². The van der Waals surface area contributed by atoms with E-state index in [9.17, 15) is 0 Å². The Balaban J connectivity index is 2.44. The van der Waals surface area contributed by atoms with Crippen molar-refractivity contribution in [2.24, 2.45) is 0 Å². The highest BCUT2D eigenvalue weighted by Gasteiger charge is 2.02. The Morgan fingerprint density at radius 2 is 1.75 bits per heavy atom. The van der Waals surface area contributed by atoms with Gasteiger partial charge in [-0.1, -0.05) is 24.1 Å². The molecule has 0 spiro atoms. The van der Waals surface area contributed by atoms with Crippen LogP contribution < -0.4 is 4.90 Å². The molecule has 0 fully saturated rings. The van der Waals surface area contributed by atoms with Gasteiger partial charge in [-0.05, 0) is 38.8 Å². The lowest BCUT2D eigenvalue weighted by molar-refractivity contribution is 0.687. The van der Waals surface area contributed by atoms with Crippen molar-refractivity contribution in [3.8, 4) is 0 Å². The molecule has 90 valence electrons. The number of anilines is 1. The summed E-state index contributed by atoms with van der Waals surface area (Å²) in [6, 6.07) is 8.77. The molecule has 1 rings (SSSR count). The third kappa shape index (κ3) is 4.44. The second kappa shape index (κ2) is 7.56. The summed E-state index contributed by atoms with van der Waals surface area (Å²) in [6.07, 6.45) is 3.59. The van der Waals surface area contributed by atoms with Crippen molar-refractivity contribution in [2.45, 2.75) is 33.1 Å². The van der Waals surface area contributed by atoms with Crippen LogP contribution >= 0.6 is 11.6 Å². The number of aryl methyl sites for hydroxylation is 1. The second-order valence-electron chi connectivity index (χ2n) is 4.16. The fraction of sp³-hybridized carbons (Fsp3) is 0.571. The minimum Gasteiger partial charge on any atom is -0.372 e. The van der Waals surface area contributed by atoms with Crippen LogP contribution in [0.25, 0.3) is 0 Å². The van der Waals surface area contributed by atoms with Crippen molar-refractivity contribution in [3.05, 3.63) is 29.8 Å². The van der Waals surface area contributed by atoms with Gasteiger partial charge in [-0.25, -0.2) is 0 Å². The molecule has 0 aromatic heterocycles. The van der Waals surface area contributed by atoms with E-state index in [4.69, 9.17) is 11.6 Å². The first kappa shape index (κ1) is 13.4. The molecule has 16 heavy (non-hydrogen) atoms. The SMILES string of the molecule is CCN(CCCCCCl)c1ccc(C)cc1. The first-order valence-corrected chi connectivity index (χ1v) is 6.69. The van der Waals surface area contributed by atoms with Gasteiger partial charge < -0.3 is 4.90 Å². The number of hydrogen-bond acceptors (Lipinski definition) is 1. The van der Waals surface area contributed by atoms with Crippen LogP contribution in [-0.4, -0.2) is 19.0 Å². The molecular weight excluding hydrogens is 218 g/mol. The number of rotatable bonds is 7. The third-order valence-electron chi connectivity index (χ3n) is 2.84. The molecule has 0 heterocycles. The number of alkyl halides is 1. The fourth-order valence-corrected chi connectivity index (χ4v) is 1.99. The van der Waals surface area contributed by atoms with E-state index in [1.807, 2.05) is 0 Å². The number of unbranched alkanes of at least 4 members (excludes halogenated alkanes) is 2. The minimum absolute atomic E-state index is 0.788. The highest BCUT2D eigenvalue weighted by molar-refractivity contribution is 6.17. The molecule has 0 saturated heterocycles. The maximum absolute atomic E-state index is 5.67. The largest absolute Gasteiger partial charge is 0.372 e. The fourth-order valence-electron chi connectivity index (χ4n) is 1.80. The summed E-state index contributed by atoms with van der Waals surface area (Å²) >= 11 is 5.67. The molecular formula is C14H22ClN. The van der Waals surface area contributed by atoms with Gasteiger partial charge in [-0.2, -0.15) is 0 Å². The summed E-state index contributed by atoms with van der Waals surface area (Å²) in [4.78, 5) is 2.42. The lowest BCUT2D eigenvalue weighted by Gasteiger charge is -2.23. The van der Waals surface area contributed by atoms with Crippen LogP contribution in [0, 0.1) is 6.92 Å². The van der Waals surface area contributed by atoms with Crippen molar-refractivity contribution in [3.63, 3.8) is 0 Å². The first-order valence-electron chi connectivity index (χ1n) is 6.15. The van der Waals surface area contributed by atoms with Gasteiger partial charge in [-0.3, -0.25) is 0 Å². The molecule has 0 N–H and O–H groups in total. The number of halogens is 1. The van der Waals surface area contributed by atoms with Gasteiger partial charge in [0.05, 0.1) is 0 Å². The van der Waals surface area contributed by atoms with E-state index < -0.39 is 0 Å². The van der Waals surface area contributed by atoms with E-state index in [0.717, 1.165) is 25.4 Å². The normalized spacial score (nSPS) is 10.4. The molecule has 0 radical (unpaired) electrons. The number of nitrogens with zero attached hydrogens (tertiary/aromatic N) is 1. The molecule has 0 aliphatic carbocycles. The number of benzene rings is 1. The van der Waals surface area contributed by atoms with Crippen molar-refractivity contribution >= 4 is 17.3 Å². The maximum Gasteiger partial charge on any atom is 0.0366 e. The van der Waals surface area contributed by atoms with Gasteiger partial charge in [0.2, 0.25) is 0 Å². The summed E-state index contributed by atoms with van der Waals surface area (Å²) in [5.41, 5.74) is 2.65. The predicted molar refractivity (Wildman–Crippen MR) is 73.6 cm³/mol. The highest BCUT2D eigenvalue weighted by Crippen LogP contribution is 2.15. The summed E-state index contributed by atoms with van der Waals surface area (Å²) in [6.45, 7) is 6.54. The molecule has 0 unspecified atom stereocenters. The smallest absolute Gasteiger partial charge is 0.0366 e. The summed E-state index contributed by atoms with van der Waals surface area (Å²) < 4.78 is 0. The Morgan fingerprint density at radius 1 is 1.06 bits per heavy atom. The highest BCUT2D eigenvalue weighted by atomic mass is 35.5. The molecule has 0 bridgehead atoms. The van der Waals surface area contributed by atoms with Gasteiger partial charge in [0.15, 0.2) is 0 Å². The predicted octanol–water partition coefficient (Wildman–Crippen LogP) is 4.23. The monoisotopic (exact) mass is 239 g/mol. The zero-order chi connectivity index (χ0) is 11.8. The minimum atomic E-state index is 0.788. The molecule has 1 nitrogen and oxygen atoms in total. The van der Waals surface area contributed by atoms with E-state index in [0.29, 0.717) is 0 Å². The second-order valence-corrected chi connectivity index (χ2v) is 4.54. The standard InChI is InChI=1S/C14H22ClN/c1-3-16(12-6-4-5-11-15)14-9-7-13(2)8-10-14/h7-10H,3-6,11-12H2,1-2H3. The van der Waals surface area contributed by atoms with Crippen LogP contribution in [0.1, 0.15) is 31.7 Å². The average Bonchev–Trinajstić information content (AvgIpc) is 2.31. The molecule has 1 aromatic rings. The lowest BCUT2D eigenvalue weighted by atomic mass is 10.2.